The second kappa shape index (κ2) is 9.17. The van der Waals surface area contributed by atoms with Crippen molar-refractivity contribution < 1.29 is 14.3 Å². The average Bonchev–Trinajstić information content (AvgIpc) is 2.70. The lowest BCUT2D eigenvalue weighted by Gasteiger charge is -2.26. The first-order valence-corrected chi connectivity index (χ1v) is 8.70. The Morgan fingerprint density at radius 1 is 1.23 bits per heavy atom. The van der Waals surface area contributed by atoms with Gasteiger partial charge in [0.05, 0.1) is 31.6 Å². The summed E-state index contributed by atoms with van der Waals surface area (Å²) in [5, 5.41) is 6.12. The summed E-state index contributed by atoms with van der Waals surface area (Å²) in [6.45, 7) is 4.80. The van der Waals surface area contributed by atoms with Crippen molar-refractivity contribution in [3.8, 4) is 5.75 Å². The van der Waals surface area contributed by atoms with E-state index < -0.39 is 0 Å². The lowest BCUT2D eigenvalue weighted by molar-refractivity contribution is 0.0383. The number of benzene rings is 1. The van der Waals surface area contributed by atoms with Gasteiger partial charge in [0.25, 0.3) is 5.91 Å². The number of para-hydroxylation sites is 2. The van der Waals surface area contributed by atoms with E-state index in [0.29, 0.717) is 17.9 Å². The fraction of sp³-hybridized carbons (Fsp3) is 0.368. The molecule has 1 amide bonds. The number of carbonyl (C=O) groups is 1. The molecule has 7 nitrogen and oxygen atoms in total. The van der Waals surface area contributed by atoms with Gasteiger partial charge in [0.2, 0.25) is 0 Å². The zero-order valence-electron chi connectivity index (χ0n) is 14.9. The minimum atomic E-state index is -0.116. The summed E-state index contributed by atoms with van der Waals surface area (Å²) < 4.78 is 10.6. The van der Waals surface area contributed by atoms with Crippen LogP contribution in [0.2, 0.25) is 0 Å². The third-order valence-corrected chi connectivity index (χ3v) is 4.21. The summed E-state index contributed by atoms with van der Waals surface area (Å²) >= 11 is 0. The largest absolute Gasteiger partial charge is 0.495 e. The van der Waals surface area contributed by atoms with Crippen LogP contribution in [-0.2, 0) is 4.74 Å². The highest BCUT2D eigenvalue weighted by Gasteiger charge is 2.11. The minimum absolute atomic E-state index is 0.116. The Hall–Kier alpha value is -2.64. The van der Waals surface area contributed by atoms with E-state index in [1.54, 1.807) is 25.4 Å². The maximum absolute atomic E-state index is 12.2. The van der Waals surface area contributed by atoms with E-state index in [1.807, 2.05) is 24.3 Å². The highest BCUT2D eigenvalue weighted by Crippen LogP contribution is 2.26. The Labute approximate surface area is 153 Å². The van der Waals surface area contributed by atoms with Crippen molar-refractivity contribution in [3.05, 3.63) is 48.2 Å². The van der Waals surface area contributed by atoms with Crippen LogP contribution in [0.5, 0.6) is 5.75 Å². The molecule has 3 rings (SSSR count). The number of methoxy groups -OCH3 is 1. The second-order valence-electron chi connectivity index (χ2n) is 5.97. The Kier molecular flexibility index (Phi) is 6.40. The van der Waals surface area contributed by atoms with Crippen molar-refractivity contribution in [2.24, 2.45) is 0 Å². The highest BCUT2D eigenvalue weighted by atomic mass is 16.5. The van der Waals surface area contributed by atoms with Gasteiger partial charge in [0, 0.05) is 32.4 Å². The number of rotatable bonds is 7. The molecule has 0 saturated carbocycles. The molecular weight excluding hydrogens is 332 g/mol. The van der Waals surface area contributed by atoms with Gasteiger partial charge in [-0.3, -0.25) is 9.69 Å². The van der Waals surface area contributed by atoms with Gasteiger partial charge in [-0.1, -0.05) is 12.1 Å². The third kappa shape index (κ3) is 4.93. The van der Waals surface area contributed by atoms with Crippen molar-refractivity contribution in [1.29, 1.82) is 0 Å². The predicted octanol–water partition coefficient (Wildman–Crippen LogP) is 1.90. The van der Waals surface area contributed by atoms with Crippen LogP contribution in [0.3, 0.4) is 0 Å². The van der Waals surface area contributed by atoms with Crippen LogP contribution in [0.25, 0.3) is 0 Å². The van der Waals surface area contributed by atoms with Crippen LogP contribution in [0.1, 0.15) is 10.4 Å². The van der Waals surface area contributed by atoms with Crippen molar-refractivity contribution in [2.75, 3.05) is 51.8 Å². The lowest BCUT2D eigenvalue weighted by atomic mass is 10.2. The Morgan fingerprint density at radius 3 is 2.77 bits per heavy atom. The van der Waals surface area contributed by atoms with Gasteiger partial charge < -0.3 is 20.1 Å². The molecule has 0 bridgehead atoms. The molecule has 0 spiro atoms. The van der Waals surface area contributed by atoms with Gasteiger partial charge >= 0.3 is 0 Å². The molecule has 1 aromatic heterocycles. The van der Waals surface area contributed by atoms with Gasteiger partial charge in [-0.15, -0.1) is 0 Å². The van der Waals surface area contributed by atoms with Gasteiger partial charge in [-0.25, -0.2) is 4.98 Å². The monoisotopic (exact) mass is 356 g/mol. The quantitative estimate of drug-likeness (QED) is 0.789. The van der Waals surface area contributed by atoms with Crippen LogP contribution in [0, 0.1) is 0 Å². The topological polar surface area (TPSA) is 75.7 Å². The van der Waals surface area contributed by atoms with Gasteiger partial charge in [0.15, 0.2) is 0 Å². The summed E-state index contributed by atoms with van der Waals surface area (Å²) in [4.78, 5) is 18.8. The Bertz CT molecular complexity index is 715. The van der Waals surface area contributed by atoms with Gasteiger partial charge in [0.1, 0.15) is 11.6 Å². The molecule has 1 fully saturated rings. The molecule has 2 N–H and O–H groups in total. The Balaban J connectivity index is 1.51. The molecule has 0 aliphatic carbocycles. The summed E-state index contributed by atoms with van der Waals surface area (Å²) in [7, 11) is 1.62. The first kappa shape index (κ1) is 18.2. The first-order valence-electron chi connectivity index (χ1n) is 8.70. The lowest BCUT2D eigenvalue weighted by Crippen LogP contribution is -2.41. The first-order chi connectivity index (χ1) is 12.8. The minimum Gasteiger partial charge on any atom is -0.495 e. The highest BCUT2D eigenvalue weighted by molar-refractivity contribution is 5.94. The normalized spacial score (nSPS) is 14.7. The van der Waals surface area contributed by atoms with E-state index in [4.69, 9.17) is 9.47 Å². The van der Waals surface area contributed by atoms with Crippen molar-refractivity contribution >= 4 is 17.4 Å². The molecule has 1 aliphatic heterocycles. The number of pyridine rings is 1. The van der Waals surface area contributed by atoms with Crippen LogP contribution in [0.15, 0.2) is 42.6 Å². The number of carbonyl (C=O) groups excluding carboxylic acids is 1. The fourth-order valence-electron chi connectivity index (χ4n) is 2.74. The maximum Gasteiger partial charge on any atom is 0.252 e. The summed E-state index contributed by atoms with van der Waals surface area (Å²) in [5.74, 6) is 1.27. The van der Waals surface area contributed by atoms with Crippen molar-refractivity contribution in [3.63, 3.8) is 0 Å². The molecule has 7 heteroatoms. The van der Waals surface area contributed by atoms with Crippen molar-refractivity contribution in [2.45, 2.75) is 0 Å². The number of ether oxygens (including phenoxy) is 2. The predicted molar refractivity (Wildman–Crippen MR) is 100 cm³/mol. The molecule has 2 heterocycles. The zero-order valence-corrected chi connectivity index (χ0v) is 14.9. The molecule has 1 aromatic carbocycles. The summed E-state index contributed by atoms with van der Waals surface area (Å²) in [6.07, 6.45) is 1.57. The number of nitrogens with one attached hydrogen (secondary N) is 2. The Morgan fingerprint density at radius 2 is 2.04 bits per heavy atom. The molecular formula is C19H24N4O3. The smallest absolute Gasteiger partial charge is 0.252 e. The molecule has 1 aliphatic rings. The van der Waals surface area contributed by atoms with Crippen LogP contribution < -0.4 is 15.4 Å². The van der Waals surface area contributed by atoms with E-state index in [-0.39, 0.29) is 5.91 Å². The zero-order chi connectivity index (χ0) is 18.2. The SMILES string of the molecule is COc1ccccc1Nc1ccc(C(=O)NCCN2CCOCC2)cn1. The number of nitrogens with zero attached hydrogens (tertiary/aromatic N) is 2. The molecule has 0 atom stereocenters. The number of hydrogen-bond acceptors (Lipinski definition) is 6. The molecule has 26 heavy (non-hydrogen) atoms. The number of amides is 1. The van der Waals surface area contributed by atoms with E-state index >= 15 is 0 Å². The molecule has 0 radical (unpaired) electrons. The van der Waals surface area contributed by atoms with Crippen LogP contribution in [-0.4, -0.2) is 62.3 Å². The molecule has 1 saturated heterocycles. The molecule has 2 aromatic rings. The second-order valence-corrected chi connectivity index (χ2v) is 5.97. The maximum atomic E-state index is 12.2. The third-order valence-electron chi connectivity index (χ3n) is 4.21. The van der Waals surface area contributed by atoms with Crippen LogP contribution >= 0.6 is 0 Å². The molecule has 0 unspecified atom stereocenters. The molecule has 138 valence electrons. The summed E-state index contributed by atoms with van der Waals surface area (Å²) in [5.41, 5.74) is 1.36. The average molecular weight is 356 g/mol. The number of aromatic nitrogens is 1. The fourth-order valence-corrected chi connectivity index (χ4v) is 2.74. The van der Waals surface area contributed by atoms with E-state index in [9.17, 15) is 4.79 Å². The summed E-state index contributed by atoms with van der Waals surface area (Å²) in [6, 6.07) is 11.1. The van der Waals surface area contributed by atoms with Crippen LogP contribution in [0.4, 0.5) is 11.5 Å². The number of anilines is 2. The number of morpholine rings is 1. The standard InChI is InChI=1S/C19H24N4O3/c1-25-17-5-3-2-4-16(17)22-18-7-6-15(14-21-18)19(24)20-8-9-23-10-12-26-13-11-23/h2-7,14H,8-13H2,1H3,(H,20,24)(H,21,22). The van der Waals surface area contributed by atoms with E-state index in [1.165, 1.54) is 0 Å². The van der Waals surface area contributed by atoms with Gasteiger partial charge in [-0.2, -0.15) is 0 Å². The van der Waals surface area contributed by atoms with Gasteiger partial charge in [-0.05, 0) is 24.3 Å². The van der Waals surface area contributed by atoms with E-state index in [2.05, 4.69) is 20.5 Å². The van der Waals surface area contributed by atoms with Crippen molar-refractivity contribution in [1.82, 2.24) is 15.2 Å². The number of hydrogen-bond donors (Lipinski definition) is 2. The van der Waals surface area contributed by atoms with E-state index in [0.717, 1.165) is 44.3 Å².